The highest BCUT2D eigenvalue weighted by Crippen LogP contribution is 2.36. The fraction of sp³-hybridized carbons (Fsp3) is 0.200. The fourth-order valence-corrected chi connectivity index (χ4v) is 2.72. The number of aliphatic hydroxyl groups excluding tert-OH is 1. The molecule has 2 atom stereocenters. The SMILES string of the molecule is CC(O)C(Nc1cc(Cl)c(F)c(Cl)c1F)c1c(F)ccc([N+](=O)[O-])c1F. The highest BCUT2D eigenvalue weighted by molar-refractivity contribution is 6.35. The largest absolute Gasteiger partial charge is 0.391 e. The lowest BCUT2D eigenvalue weighted by Crippen LogP contribution is -2.26. The second kappa shape index (κ2) is 7.65. The van der Waals surface area contributed by atoms with Crippen molar-refractivity contribution in [2.75, 3.05) is 5.32 Å². The van der Waals surface area contributed by atoms with Crippen LogP contribution in [0.1, 0.15) is 18.5 Å². The number of benzene rings is 2. The summed E-state index contributed by atoms with van der Waals surface area (Å²) in [5.74, 6) is -5.32. The van der Waals surface area contributed by atoms with Crippen molar-refractivity contribution in [2.24, 2.45) is 0 Å². The average Bonchev–Trinajstić information content (AvgIpc) is 2.55. The van der Waals surface area contributed by atoms with Crippen molar-refractivity contribution in [1.82, 2.24) is 0 Å². The normalized spacial score (nSPS) is 13.4. The van der Waals surface area contributed by atoms with E-state index in [1.165, 1.54) is 0 Å². The molecule has 0 amide bonds. The Balaban J connectivity index is 2.60. The van der Waals surface area contributed by atoms with Crippen LogP contribution in [0, 0.1) is 33.4 Å². The van der Waals surface area contributed by atoms with Gasteiger partial charge in [0.1, 0.15) is 10.8 Å². The monoisotopic (exact) mass is 412 g/mol. The number of hydrogen-bond acceptors (Lipinski definition) is 4. The summed E-state index contributed by atoms with van der Waals surface area (Å²) in [5.41, 5.74) is -2.49. The van der Waals surface area contributed by atoms with Gasteiger partial charge in [-0.05, 0) is 19.1 Å². The van der Waals surface area contributed by atoms with Crippen LogP contribution in [0.4, 0.5) is 28.9 Å². The van der Waals surface area contributed by atoms with Gasteiger partial charge in [-0.15, -0.1) is 0 Å². The van der Waals surface area contributed by atoms with Gasteiger partial charge in [0.05, 0.1) is 33.3 Å². The summed E-state index contributed by atoms with van der Waals surface area (Å²) in [6, 6.07) is 0.344. The van der Waals surface area contributed by atoms with Crippen LogP contribution in [0.15, 0.2) is 18.2 Å². The molecule has 0 aliphatic heterocycles. The number of anilines is 1. The number of rotatable bonds is 5. The van der Waals surface area contributed by atoms with Crippen molar-refractivity contribution in [1.29, 1.82) is 0 Å². The Kier molecular flexibility index (Phi) is 5.94. The van der Waals surface area contributed by atoms with Gasteiger partial charge in [-0.25, -0.2) is 13.2 Å². The van der Waals surface area contributed by atoms with Crippen molar-refractivity contribution in [3.05, 3.63) is 67.2 Å². The third-order valence-corrected chi connectivity index (χ3v) is 4.12. The van der Waals surface area contributed by atoms with E-state index in [9.17, 15) is 32.8 Å². The van der Waals surface area contributed by atoms with Crippen LogP contribution >= 0.6 is 23.2 Å². The molecule has 11 heteroatoms. The molecule has 26 heavy (non-hydrogen) atoms. The van der Waals surface area contributed by atoms with Crippen molar-refractivity contribution >= 4 is 34.6 Å². The van der Waals surface area contributed by atoms with E-state index in [0.717, 1.165) is 13.0 Å². The lowest BCUT2D eigenvalue weighted by Gasteiger charge is -2.24. The molecule has 140 valence electrons. The van der Waals surface area contributed by atoms with Gasteiger partial charge in [0.15, 0.2) is 11.6 Å². The third-order valence-electron chi connectivity index (χ3n) is 3.51. The van der Waals surface area contributed by atoms with Crippen molar-refractivity contribution in [2.45, 2.75) is 19.1 Å². The number of aliphatic hydroxyl groups is 1. The van der Waals surface area contributed by atoms with E-state index in [0.29, 0.717) is 12.1 Å². The molecule has 0 spiro atoms. The molecule has 2 N–H and O–H groups in total. The molecule has 0 aliphatic rings. The van der Waals surface area contributed by atoms with E-state index in [4.69, 9.17) is 23.2 Å². The number of nitro benzene ring substituents is 1. The van der Waals surface area contributed by atoms with Gasteiger partial charge in [0.25, 0.3) is 0 Å². The molecular formula is C15H10Cl2F4N2O3. The highest BCUT2D eigenvalue weighted by Gasteiger charge is 2.31. The first-order valence-corrected chi connectivity index (χ1v) is 7.71. The Labute approximate surface area is 154 Å². The van der Waals surface area contributed by atoms with Crippen molar-refractivity contribution in [3.8, 4) is 0 Å². The lowest BCUT2D eigenvalue weighted by molar-refractivity contribution is -0.387. The van der Waals surface area contributed by atoms with E-state index < -0.39 is 67.3 Å². The van der Waals surface area contributed by atoms with Crippen LogP contribution in [0.5, 0.6) is 0 Å². The maximum atomic E-state index is 14.4. The van der Waals surface area contributed by atoms with E-state index in [1.807, 2.05) is 0 Å². The fourth-order valence-electron chi connectivity index (χ4n) is 2.26. The van der Waals surface area contributed by atoms with Crippen LogP contribution in [0.25, 0.3) is 0 Å². The summed E-state index contributed by atoms with van der Waals surface area (Å²) >= 11 is 11.0. The van der Waals surface area contributed by atoms with E-state index >= 15 is 0 Å². The zero-order chi connectivity index (χ0) is 19.8. The van der Waals surface area contributed by atoms with Crippen molar-refractivity contribution < 1.29 is 27.6 Å². The van der Waals surface area contributed by atoms with Gasteiger partial charge in [-0.2, -0.15) is 4.39 Å². The predicted octanol–water partition coefficient (Wildman–Crippen LogP) is 4.99. The first-order valence-electron chi connectivity index (χ1n) is 6.96. The first kappa shape index (κ1) is 20.2. The Morgan fingerprint density at radius 1 is 1.15 bits per heavy atom. The predicted molar refractivity (Wildman–Crippen MR) is 87.4 cm³/mol. The Bertz CT molecular complexity index is 881. The topological polar surface area (TPSA) is 75.4 Å². The quantitative estimate of drug-likeness (QED) is 0.238. The molecule has 0 radical (unpaired) electrons. The second-order valence-corrected chi connectivity index (χ2v) is 6.05. The van der Waals surface area contributed by atoms with Gasteiger partial charge in [0, 0.05) is 6.07 Å². The van der Waals surface area contributed by atoms with Gasteiger partial charge in [-0.1, -0.05) is 23.2 Å². The summed E-state index contributed by atoms with van der Waals surface area (Å²) in [6.07, 6.45) is -1.54. The maximum Gasteiger partial charge on any atom is 0.305 e. The molecular weight excluding hydrogens is 403 g/mol. The average molecular weight is 413 g/mol. The molecule has 5 nitrogen and oxygen atoms in total. The molecule has 2 aromatic carbocycles. The summed E-state index contributed by atoms with van der Waals surface area (Å²) in [4.78, 5) is 9.76. The Hall–Kier alpha value is -2.10. The number of hydrogen-bond donors (Lipinski definition) is 2. The minimum atomic E-state index is -1.66. The number of nitrogens with one attached hydrogen (secondary N) is 1. The number of halogens is 6. The lowest BCUT2D eigenvalue weighted by atomic mass is 9.99. The van der Waals surface area contributed by atoms with Crippen molar-refractivity contribution in [3.63, 3.8) is 0 Å². The highest BCUT2D eigenvalue weighted by atomic mass is 35.5. The molecule has 0 saturated carbocycles. The van der Waals surface area contributed by atoms with Gasteiger partial charge in [-0.3, -0.25) is 10.1 Å². The van der Waals surface area contributed by atoms with Gasteiger partial charge >= 0.3 is 5.69 Å². The molecule has 2 unspecified atom stereocenters. The number of nitro groups is 1. The van der Waals surface area contributed by atoms with Crippen LogP contribution in [0.3, 0.4) is 0 Å². The molecule has 0 fully saturated rings. The maximum absolute atomic E-state index is 14.4. The summed E-state index contributed by atoms with van der Waals surface area (Å²) < 4.78 is 56.1. The molecule has 0 bridgehead atoms. The smallest absolute Gasteiger partial charge is 0.305 e. The van der Waals surface area contributed by atoms with Crippen LogP contribution in [0.2, 0.25) is 10.0 Å². The minimum Gasteiger partial charge on any atom is -0.391 e. The van der Waals surface area contributed by atoms with Crippen LogP contribution in [-0.2, 0) is 0 Å². The Morgan fingerprint density at radius 3 is 2.31 bits per heavy atom. The minimum absolute atomic E-state index is 0.558. The first-order chi connectivity index (χ1) is 12.1. The zero-order valence-electron chi connectivity index (χ0n) is 12.9. The zero-order valence-corrected chi connectivity index (χ0v) is 14.4. The summed E-state index contributed by atoms with van der Waals surface area (Å²) in [6.45, 7) is 1.11. The van der Waals surface area contributed by atoms with E-state index in [-0.39, 0.29) is 0 Å². The molecule has 0 heterocycles. The van der Waals surface area contributed by atoms with E-state index in [2.05, 4.69) is 5.32 Å². The summed E-state index contributed by atoms with van der Waals surface area (Å²) in [5, 5.41) is 21.4. The van der Waals surface area contributed by atoms with Crippen LogP contribution < -0.4 is 5.32 Å². The molecule has 2 aromatic rings. The number of nitrogens with zero attached hydrogens (tertiary/aromatic N) is 1. The standard InChI is InChI=1S/C15H10Cl2F4N2O3/c1-5(24)15(10-7(18)2-3-9(14(10)21)23(25)26)22-8-4-6(16)12(19)11(17)13(8)20/h2-5,15,22,24H,1H3. The molecule has 2 rings (SSSR count). The second-order valence-electron chi connectivity index (χ2n) is 5.26. The van der Waals surface area contributed by atoms with E-state index in [1.54, 1.807) is 0 Å². The Morgan fingerprint density at radius 2 is 1.77 bits per heavy atom. The summed E-state index contributed by atoms with van der Waals surface area (Å²) in [7, 11) is 0. The van der Waals surface area contributed by atoms with Gasteiger partial charge in [0.2, 0.25) is 5.82 Å². The third kappa shape index (κ3) is 3.69. The van der Waals surface area contributed by atoms with Gasteiger partial charge < -0.3 is 10.4 Å². The molecule has 0 aliphatic carbocycles. The van der Waals surface area contributed by atoms with Crippen LogP contribution in [-0.4, -0.2) is 16.1 Å². The molecule has 0 saturated heterocycles. The molecule has 0 aromatic heterocycles.